The van der Waals surface area contributed by atoms with Crippen LogP contribution in [-0.2, 0) is 16.1 Å². The molecule has 118 valence electrons. The lowest BCUT2D eigenvalue weighted by Crippen LogP contribution is -2.37. The first kappa shape index (κ1) is 16.3. The fourth-order valence-electron chi connectivity index (χ4n) is 2.44. The van der Waals surface area contributed by atoms with E-state index in [4.69, 9.17) is 4.74 Å². The van der Waals surface area contributed by atoms with Crippen molar-refractivity contribution in [2.24, 2.45) is 0 Å². The summed E-state index contributed by atoms with van der Waals surface area (Å²) < 4.78 is 7.00. The zero-order valence-electron chi connectivity index (χ0n) is 12.8. The number of aromatic nitrogens is 3. The third kappa shape index (κ3) is 4.71. The van der Waals surface area contributed by atoms with E-state index in [9.17, 15) is 4.79 Å². The molecule has 1 aliphatic rings. The van der Waals surface area contributed by atoms with Crippen molar-refractivity contribution >= 4 is 17.7 Å². The number of rotatable bonds is 6. The van der Waals surface area contributed by atoms with Crippen molar-refractivity contribution in [1.29, 1.82) is 0 Å². The molecule has 0 aromatic carbocycles. The van der Waals surface area contributed by atoms with E-state index in [0.717, 1.165) is 31.1 Å². The Bertz CT molecular complexity index is 444. The first-order chi connectivity index (χ1) is 10.2. The summed E-state index contributed by atoms with van der Waals surface area (Å²) in [5.74, 6) is 0.211. The Morgan fingerprint density at radius 2 is 2.10 bits per heavy atom. The number of nitrogens with zero attached hydrogens (tertiary/aromatic N) is 4. The van der Waals surface area contributed by atoms with Gasteiger partial charge >= 0.3 is 0 Å². The largest absolute Gasteiger partial charge is 0.383 e. The van der Waals surface area contributed by atoms with Crippen molar-refractivity contribution in [3.05, 3.63) is 6.33 Å². The van der Waals surface area contributed by atoms with Crippen LogP contribution < -0.4 is 0 Å². The summed E-state index contributed by atoms with van der Waals surface area (Å²) in [6, 6.07) is 0. The summed E-state index contributed by atoms with van der Waals surface area (Å²) in [6.07, 6.45) is 6.39. The summed E-state index contributed by atoms with van der Waals surface area (Å²) in [5, 5.41) is 8.68. The normalized spacial score (nSPS) is 17.5. The van der Waals surface area contributed by atoms with Crippen molar-refractivity contribution in [3.8, 4) is 0 Å². The molecule has 6 nitrogen and oxygen atoms in total. The van der Waals surface area contributed by atoms with Crippen molar-refractivity contribution < 1.29 is 9.53 Å². The van der Waals surface area contributed by atoms with Gasteiger partial charge in [0.05, 0.1) is 11.9 Å². The van der Waals surface area contributed by atoms with E-state index in [-0.39, 0.29) is 11.2 Å². The molecule has 0 aliphatic carbocycles. The van der Waals surface area contributed by atoms with Gasteiger partial charge in [0, 0.05) is 26.7 Å². The quantitative estimate of drug-likeness (QED) is 0.750. The van der Waals surface area contributed by atoms with Crippen LogP contribution in [0.15, 0.2) is 11.5 Å². The highest BCUT2D eigenvalue weighted by molar-refractivity contribution is 8.00. The molecule has 0 radical (unpaired) electrons. The van der Waals surface area contributed by atoms with E-state index in [1.807, 2.05) is 16.4 Å². The third-order valence-electron chi connectivity index (χ3n) is 3.66. The fourth-order valence-corrected chi connectivity index (χ4v) is 3.37. The van der Waals surface area contributed by atoms with Gasteiger partial charge in [-0.3, -0.25) is 4.79 Å². The molecule has 0 saturated carbocycles. The van der Waals surface area contributed by atoms with Crippen LogP contribution in [0.4, 0.5) is 0 Å². The number of hydrogen-bond acceptors (Lipinski definition) is 5. The van der Waals surface area contributed by atoms with E-state index in [0.29, 0.717) is 13.2 Å². The predicted octanol–water partition coefficient (Wildman–Crippen LogP) is 1.81. The average Bonchev–Trinajstić information content (AvgIpc) is 2.76. The van der Waals surface area contributed by atoms with E-state index in [2.05, 4.69) is 10.2 Å². The Morgan fingerprint density at radius 3 is 2.76 bits per heavy atom. The molecule has 21 heavy (non-hydrogen) atoms. The van der Waals surface area contributed by atoms with Crippen LogP contribution in [0, 0.1) is 0 Å². The Balaban J connectivity index is 1.92. The number of ether oxygens (including phenoxy) is 1. The van der Waals surface area contributed by atoms with Crippen LogP contribution in [0.5, 0.6) is 0 Å². The second kappa shape index (κ2) is 8.38. The molecule has 7 heteroatoms. The molecule has 1 aromatic heterocycles. The molecule has 0 N–H and O–H groups in total. The van der Waals surface area contributed by atoms with Crippen molar-refractivity contribution in [2.45, 2.75) is 49.6 Å². The van der Waals surface area contributed by atoms with Crippen LogP contribution in [-0.4, -0.2) is 57.6 Å². The zero-order chi connectivity index (χ0) is 15.1. The highest BCUT2D eigenvalue weighted by atomic mass is 32.2. The van der Waals surface area contributed by atoms with E-state index in [1.165, 1.54) is 24.6 Å². The lowest BCUT2D eigenvalue weighted by Gasteiger charge is -2.23. The summed E-state index contributed by atoms with van der Waals surface area (Å²) >= 11 is 1.48. The van der Waals surface area contributed by atoms with Crippen LogP contribution in [0.1, 0.15) is 32.6 Å². The van der Waals surface area contributed by atoms with Gasteiger partial charge in [-0.25, -0.2) is 0 Å². The van der Waals surface area contributed by atoms with Crippen molar-refractivity contribution in [2.75, 3.05) is 26.8 Å². The third-order valence-corrected chi connectivity index (χ3v) is 4.75. The summed E-state index contributed by atoms with van der Waals surface area (Å²) in [5.41, 5.74) is 0. The van der Waals surface area contributed by atoms with Crippen LogP contribution in [0.25, 0.3) is 0 Å². The van der Waals surface area contributed by atoms with Gasteiger partial charge < -0.3 is 14.2 Å². The van der Waals surface area contributed by atoms with Crippen molar-refractivity contribution in [1.82, 2.24) is 19.7 Å². The first-order valence-corrected chi connectivity index (χ1v) is 8.42. The molecular formula is C14H24N4O2S. The molecular weight excluding hydrogens is 288 g/mol. The molecule has 1 fully saturated rings. The topological polar surface area (TPSA) is 60.2 Å². The number of carbonyl (C=O) groups is 1. The standard InChI is InChI=1S/C14H24N4O2S/c1-12(13(19)17-7-5-3-4-6-8-17)21-14-16-15-11-18(14)9-10-20-2/h11-12H,3-10H2,1-2H3/t12-/m1/s1. The fraction of sp³-hybridized carbons (Fsp3) is 0.786. The lowest BCUT2D eigenvalue weighted by molar-refractivity contribution is -0.130. The second-order valence-electron chi connectivity index (χ2n) is 5.30. The highest BCUT2D eigenvalue weighted by Crippen LogP contribution is 2.23. The highest BCUT2D eigenvalue weighted by Gasteiger charge is 2.23. The molecule has 2 heterocycles. The molecule has 0 unspecified atom stereocenters. The summed E-state index contributed by atoms with van der Waals surface area (Å²) in [4.78, 5) is 14.5. The van der Waals surface area contributed by atoms with Gasteiger partial charge in [0.2, 0.25) is 5.91 Å². The molecule has 1 aromatic rings. The Morgan fingerprint density at radius 1 is 1.38 bits per heavy atom. The monoisotopic (exact) mass is 312 g/mol. The molecule has 1 saturated heterocycles. The zero-order valence-corrected chi connectivity index (χ0v) is 13.6. The van der Waals surface area contributed by atoms with Gasteiger partial charge in [-0.15, -0.1) is 10.2 Å². The minimum absolute atomic E-state index is 0.131. The van der Waals surface area contributed by atoms with Crippen LogP contribution >= 0.6 is 11.8 Å². The minimum Gasteiger partial charge on any atom is -0.383 e. The molecule has 1 aliphatic heterocycles. The minimum atomic E-state index is -0.131. The number of thioether (sulfide) groups is 1. The maximum atomic E-state index is 12.5. The van der Waals surface area contributed by atoms with Gasteiger partial charge in [-0.1, -0.05) is 24.6 Å². The van der Waals surface area contributed by atoms with E-state index < -0.39 is 0 Å². The number of amides is 1. The van der Waals surface area contributed by atoms with E-state index >= 15 is 0 Å². The maximum Gasteiger partial charge on any atom is 0.235 e. The lowest BCUT2D eigenvalue weighted by atomic mass is 10.2. The Hall–Kier alpha value is -1.08. The maximum absolute atomic E-state index is 12.5. The smallest absolute Gasteiger partial charge is 0.235 e. The number of likely N-dealkylation sites (tertiary alicyclic amines) is 1. The average molecular weight is 312 g/mol. The number of methoxy groups -OCH3 is 1. The first-order valence-electron chi connectivity index (χ1n) is 7.54. The summed E-state index contributed by atoms with van der Waals surface area (Å²) in [6.45, 7) is 5.05. The van der Waals surface area contributed by atoms with Crippen molar-refractivity contribution in [3.63, 3.8) is 0 Å². The number of hydrogen-bond donors (Lipinski definition) is 0. The second-order valence-corrected chi connectivity index (χ2v) is 6.61. The Labute approximate surface area is 130 Å². The van der Waals surface area contributed by atoms with Gasteiger partial charge in [0.1, 0.15) is 6.33 Å². The van der Waals surface area contributed by atoms with Gasteiger partial charge in [0.15, 0.2) is 5.16 Å². The Kier molecular flexibility index (Phi) is 6.50. The predicted molar refractivity (Wildman–Crippen MR) is 82.3 cm³/mol. The van der Waals surface area contributed by atoms with Gasteiger partial charge in [-0.2, -0.15) is 0 Å². The molecule has 0 spiro atoms. The van der Waals surface area contributed by atoms with Crippen LogP contribution in [0.3, 0.4) is 0 Å². The van der Waals surface area contributed by atoms with Crippen LogP contribution in [0.2, 0.25) is 0 Å². The molecule has 1 atom stereocenters. The molecule has 2 rings (SSSR count). The van der Waals surface area contributed by atoms with Gasteiger partial charge in [0.25, 0.3) is 0 Å². The molecule has 1 amide bonds. The van der Waals surface area contributed by atoms with E-state index in [1.54, 1.807) is 13.4 Å². The molecule has 0 bridgehead atoms. The van der Waals surface area contributed by atoms with Gasteiger partial charge in [-0.05, 0) is 19.8 Å². The SMILES string of the molecule is COCCn1cnnc1S[C@H](C)C(=O)N1CCCCCC1. The summed E-state index contributed by atoms with van der Waals surface area (Å²) in [7, 11) is 1.67. The number of carbonyl (C=O) groups excluding carboxylic acids is 1.